The molecule has 0 unspecified atom stereocenters. The van der Waals surface area contributed by atoms with Crippen molar-refractivity contribution >= 4 is 34.0 Å². The van der Waals surface area contributed by atoms with Crippen molar-refractivity contribution in [3.05, 3.63) is 57.2 Å². The first-order chi connectivity index (χ1) is 8.60. The minimum atomic E-state index is -0.519. The van der Waals surface area contributed by atoms with Crippen LogP contribution in [0.4, 0.5) is 20.2 Å². The molecule has 0 radical (unpaired) electrons. The zero-order valence-corrected chi connectivity index (χ0v) is 11.2. The molecule has 0 aliphatic carbocycles. The summed E-state index contributed by atoms with van der Waals surface area (Å²) in [5.41, 5.74) is 1.12. The van der Waals surface area contributed by atoms with Crippen LogP contribution in [-0.2, 0) is 0 Å². The molecule has 2 aromatic carbocycles. The molecular weight excluding hydrogens is 349 g/mol. The summed E-state index contributed by atoms with van der Waals surface area (Å²) in [5, 5.41) is 11.5. The van der Waals surface area contributed by atoms with Gasteiger partial charge in [-0.2, -0.15) is 5.26 Å². The van der Waals surface area contributed by atoms with Crippen LogP contribution in [0, 0.1) is 26.5 Å². The van der Waals surface area contributed by atoms with Crippen LogP contribution in [-0.4, -0.2) is 0 Å². The molecule has 0 bridgehead atoms. The summed E-state index contributed by atoms with van der Waals surface area (Å²) in [4.78, 5) is 0. The molecule has 0 aliphatic rings. The van der Waals surface area contributed by atoms with Crippen LogP contribution in [0.5, 0.6) is 0 Å². The van der Waals surface area contributed by atoms with Crippen LogP contribution in [0.2, 0.25) is 0 Å². The molecular formula is C13H7F2IN2. The van der Waals surface area contributed by atoms with Gasteiger partial charge in [0.05, 0.1) is 23.0 Å². The molecule has 90 valence electrons. The van der Waals surface area contributed by atoms with Crippen molar-refractivity contribution in [1.29, 1.82) is 5.26 Å². The van der Waals surface area contributed by atoms with Crippen LogP contribution in [0.25, 0.3) is 0 Å². The minimum Gasteiger partial charge on any atom is -0.352 e. The smallest absolute Gasteiger partial charge is 0.147 e. The van der Waals surface area contributed by atoms with Gasteiger partial charge in [-0.05, 0) is 59.0 Å². The fourth-order valence-corrected chi connectivity index (χ4v) is 2.03. The van der Waals surface area contributed by atoms with Crippen molar-refractivity contribution in [2.75, 3.05) is 5.32 Å². The lowest BCUT2D eigenvalue weighted by Gasteiger charge is -2.09. The van der Waals surface area contributed by atoms with E-state index in [9.17, 15) is 8.78 Å². The SMILES string of the molecule is N#Cc1ccc(Nc2ccc(F)cc2I)c(F)c1. The van der Waals surface area contributed by atoms with E-state index in [4.69, 9.17) is 5.26 Å². The van der Waals surface area contributed by atoms with E-state index >= 15 is 0 Å². The van der Waals surface area contributed by atoms with Crippen molar-refractivity contribution in [3.63, 3.8) is 0 Å². The van der Waals surface area contributed by atoms with Crippen molar-refractivity contribution in [2.45, 2.75) is 0 Å². The fraction of sp³-hybridized carbons (Fsp3) is 0. The highest BCUT2D eigenvalue weighted by molar-refractivity contribution is 14.1. The molecule has 5 heteroatoms. The Balaban J connectivity index is 2.32. The highest BCUT2D eigenvalue weighted by atomic mass is 127. The second kappa shape index (κ2) is 5.31. The first kappa shape index (κ1) is 12.8. The molecule has 2 aromatic rings. The Morgan fingerprint density at radius 2 is 1.78 bits per heavy atom. The largest absolute Gasteiger partial charge is 0.352 e. The Kier molecular flexibility index (Phi) is 3.77. The highest BCUT2D eigenvalue weighted by Gasteiger charge is 2.06. The zero-order chi connectivity index (χ0) is 13.1. The molecule has 0 amide bonds. The second-order valence-corrected chi connectivity index (χ2v) is 4.72. The lowest BCUT2D eigenvalue weighted by molar-refractivity contribution is 0.627. The average molecular weight is 356 g/mol. The predicted molar refractivity (Wildman–Crippen MR) is 73.5 cm³/mol. The van der Waals surface area contributed by atoms with Crippen molar-refractivity contribution in [1.82, 2.24) is 0 Å². The molecule has 2 rings (SSSR count). The van der Waals surface area contributed by atoms with E-state index in [-0.39, 0.29) is 17.1 Å². The standard InChI is InChI=1S/C13H7F2IN2/c14-9-2-4-13(11(16)6-9)18-12-3-1-8(7-17)5-10(12)15/h1-6,18H. The second-order valence-electron chi connectivity index (χ2n) is 3.56. The van der Waals surface area contributed by atoms with E-state index in [0.717, 1.165) is 6.07 Å². The summed E-state index contributed by atoms with van der Waals surface area (Å²) in [6.45, 7) is 0. The third-order valence-electron chi connectivity index (χ3n) is 2.30. The molecule has 0 fully saturated rings. The quantitative estimate of drug-likeness (QED) is 0.820. The van der Waals surface area contributed by atoms with Gasteiger partial charge in [0.1, 0.15) is 11.6 Å². The van der Waals surface area contributed by atoms with Crippen molar-refractivity contribution in [3.8, 4) is 6.07 Å². The molecule has 1 N–H and O–H groups in total. The number of nitriles is 1. The number of nitrogens with one attached hydrogen (secondary N) is 1. The summed E-state index contributed by atoms with van der Waals surface area (Å²) in [7, 11) is 0. The van der Waals surface area contributed by atoms with Gasteiger partial charge in [0.25, 0.3) is 0 Å². The first-order valence-electron chi connectivity index (χ1n) is 5.02. The van der Waals surface area contributed by atoms with E-state index in [1.807, 2.05) is 28.7 Å². The topological polar surface area (TPSA) is 35.8 Å². The van der Waals surface area contributed by atoms with E-state index in [1.165, 1.54) is 30.3 Å². The van der Waals surface area contributed by atoms with Gasteiger partial charge in [-0.15, -0.1) is 0 Å². The zero-order valence-electron chi connectivity index (χ0n) is 9.05. The summed E-state index contributed by atoms with van der Waals surface area (Å²) in [5.74, 6) is -0.862. The van der Waals surface area contributed by atoms with Gasteiger partial charge >= 0.3 is 0 Å². The highest BCUT2D eigenvalue weighted by Crippen LogP contribution is 2.25. The normalized spacial score (nSPS) is 9.89. The predicted octanol–water partition coefficient (Wildman–Crippen LogP) is 4.18. The van der Waals surface area contributed by atoms with E-state index < -0.39 is 5.82 Å². The van der Waals surface area contributed by atoms with E-state index in [1.54, 1.807) is 0 Å². The number of hydrogen-bond donors (Lipinski definition) is 1. The van der Waals surface area contributed by atoms with Gasteiger partial charge in [0.15, 0.2) is 0 Å². The van der Waals surface area contributed by atoms with Gasteiger partial charge < -0.3 is 5.32 Å². The molecule has 0 aliphatic heterocycles. The molecule has 0 atom stereocenters. The molecule has 0 heterocycles. The number of nitrogens with zero attached hydrogens (tertiary/aromatic N) is 1. The lowest BCUT2D eigenvalue weighted by Crippen LogP contribution is -1.96. The molecule has 0 spiro atoms. The third kappa shape index (κ3) is 2.76. The van der Waals surface area contributed by atoms with Gasteiger partial charge in [-0.3, -0.25) is 0 Å². The number of anilines is 2. The Bertz CT molecular complexity index is 635. The summed E-state index contributed by atoms with van der Waals surface area (Å²) >= 11 is 1.96. The lowest BCUT2D eigenvalue weighted by atomic mass is 10.2. The maximum atomic E-state index is 13.6. The number of rotatable bonds is 2. The Morgan fingerprint density at radius 3 is 2.39 bits per heavy atom. The van der Waals surface area contributed by atoms with Gasteiger partial charge in [-0.25, -0.2) is 8.78 Å². The molecule has 2 nitrogen and oxygen atoms in total. The molecule has 18 heavy (non-hydrogen) atoms. The van der Waals surface area contributed by atoms with Gasteiger partial charge in [0, 0.05) is 3.57 Å². The number of hydrogen-bond acceptors (Lipinski definition) is 2. The molecule has 0 saturated carbocycles. The van der Waals surface area contributed by atoms with Crippen molar-refractivity contribution < 1.29 is 8.78 Å². The third-order valence-corrected chi connectivity index (χ3v) is 3.19. The van der Waals surface area contributed by atoms with Crippen LogP contribution < -0.4 is 5.32 Å². The molecule has 0 aromatic heterocycles. The van der Waals surface area contributed by atoms with E-state index in [2.05, 4.69) is 5.32 Å². The summed E-state index contributed by atoms with van der Waals surface area (Å²) in [6.07, 6.45) is 0. The van der Waals surface area contributed by atoms with Crippen LogP contribution in [0.3, 0.4) is 0 Å². The van der Waals surface area contributed by atoms with Gasteiger partial charge in [-0.1, -0.05) is 0 Å². The fourth-order valence-electron chi connectivity index (χ4n) is 1.42. The summed E-state index contributed by atoms with van der Waals surface area (Å²) < 4.78 is 27.2. The average Bonchev–Trinajstić information content (AvgIpc) is 2.34. The maximum Gasteiger partial charge on any atom is 0.147 e. The van der Waals surface area contributed by atoms with Crippen LogP contribution >= 0.6 is 22.6 Å². The Morgan fingerprint density at radius 1 is 1.06 bits per heavy atom. The Labute approximate surface area is 116 Å². The Hall–Kier alpha value is -1.68. The number of halogens is 3. The van der Waals surface area contributed by atoms with Crippen LogP contribution in [0.15, 0.2) is 36.4 Å². The minimum absolute atomic E-state index is 0.249. The first-order valence-corrected chi connectivity index (χ1v) is 6.10. The number of benzene rings is 2. The van der Waals surface area contributed by atoms with E-state index in [0.29, 0.717) is 9.26 Å². The van der Waals surface area contributed by atoms with Crippen LogP contribution in [0.1, 0.15) is 5.56 Å². The molecule has 0 saturated heterocycles. The monoisotopic (exact) mass is 356 g/mol. The maximum absolute atomic E-state index is 13.6. The summed E-state index contributed by atoms with van der Waals surface area (Å²) in [6, 6.07) is 10.2. The van der Waals surface area contributed by atoms with Crippen molar-refractivity contribution in [2.24, 2.45) is 0 Å². The van der Waals surface area contributed by atoms with Gasteiger partial charge in [0.2, 0.25) is 0 Å².